The highest BCUT2D eigenvalue weighted by molar-refractivity contribution is 5.96. The highest BCUT2D eigenvalue weighted by Crippen LogP contribution is 2.29. The van der Waals surface area contributed by atoms with Crippen LogP contribution < -0.4 is 11.1 Å². The van der Waals surface area contributed by atoms with E-state index in [1.165, 1.54) is 0 Å². The largest absolute Gasteiger partial charge is 0.416 e. The Labute approximate surface area is 138 Å². The molecule has 3 N–H and O–H groups in total. The van der Waals surface area contributed by atoms with Crippen LogP contribution in [0.3, 0.4) is 0 Å². The van der Waals surface area contributed by atoms with Gasteiger partial charge in [-0.3, -0.25) is 9.59 Å². The third-order valence-electron chi connectivity index (χ3n) is 4.19. The zero-order valence-corrected chi connectivity index (χ0v) is 13.3. The maximum atomic E-state index is 12.5. The monoisotopic (exact) mass is 343 g/mol. The lowest BCUT2D eigenvalue weighted by Crippen LogP contribution is -2.42. The Bertz CT molecular complexity index is 602. The van der Waals surface area contributed by atoms with E-state index in [-0.39, 0.29) is 30.0 Å². The first-order valence-corrected chi connectivity index (χ1v) is 7.67. The molecule has 5 nitrogen and oxygen atoms in total. The molecule has 1 aromatic rings. The highest BCUT2D eigenvalue weighted by atomic mass is 19.4. The third kappa shape index (κ3) is 4.25. The molecule has 8 heteroatoms. The minimum Gasteiger partial charge on any atom is -0.343 e. The zero-order chi connectivity index (χ0) is 17.9. The summed E-state index contributed by atoms with van der Waals surface area (Å²) in [5.74, 6) is -0.549. The summed E-state index contributed by atoms with van der Waals surface area (Å²) in [6.45, 7) is 2.80. The van der Waals surface area contributed by atoms with Crippen molar-refractivity contribution < 1.29 is 22.8 Å². The number of carbonyl (C=O) groups is 2. The van der Waals surface area contributed by atoms with Gasteiger partial charge in [0, 0.05) is 18.2 Å². The van der Waals surface area contributed by atoms with E-state index in [1.54, 1.807) is 4.90 Å². The number of nitrogens with zero attached hydrogens (tertiary/aromatic N) is 1. The van der Waals surface area contributed by atoms with E-state index in [0.717, 1.165) is 30.7 Å². The Balaban J connectivity index is 1.90. The average molecular weight is 343 g/mol. The van der Waals surface area contributed by atoms with E-state index in [1.807, 2.05) is 6.92 Å². The number of nitrogens with one attached hydrogen (secondary N) is 1. The number of hydrogen-bond acceptors (Lipinski definition) is 3. The molecule has 0 bridgehead atoms. The molecule has 0 spiro atoms. The van der Waals surface area contributed by atoms with Crippen LogP contribution in [0.2, 0.25) is 0 Å². The van der Waals surface area contributed by atoms with E-state index >= 15 is 0 Å². The first kappa shape index (κ1) is 18.3. The van der Waals surface area contributed by atoms with Crippen LogP contribution in [0.4, 0.5) is 13.2 Å². The second-order valence-corrected chi connectivity index (χ2v) is 5.99. The molecule has 1 aromatic carbocycles. The molecule has 0 radical (unpaired) electrons. The van der Waals surface area contributed by atoms with Crippen molar-refractivity contribution >= 4 is 11.8 Å². The maximum absolute atomic E-state index is 12.5. The van der Waals surface area contributed by atoms with Gasteiger partial charge in [0.05, 0.1) is 12.1 Å². The van der Waals surface area contributed by atoms with Crippen LogP contribution in [0.5, 0.6) is 0 Å². The number of rotatable bonds is 4. The van der Waals surface area contributed by atoms with Gasteiger partial charge in [-0.2, -0.15) is 13.2 Å². The predicted molar refractivity (Wildman–Crippen MR) is 82.1 cm³/mol. The van der Waals surface area contributed by atoms with Gasteiger partial charge in [0.15, 0.2) is 0 Å². The van der Waals surface area contributed by atoms with Gasteiger partial charge < -0.3 is 16.0 Å². The molecule has 0 aliphatic carbocycles. The van der Waals surface area contributed by atoms with Crippen LogP contribution in [0.1, 0.15) is 29.3 Å². The molecule has 2 atom stereocenters. The van der Waals surface area contributed by atoms with Crippen LogP contribution in [-0.4, -0.2) is 42.4 Å². The van der Waals surface area contributed by atoms with Crippen molar-refractivity contribution in [3.63, 3.8) is 0 Å². The zero-order valence-electron chi connectivity index (χ0n) is 13.3. The standard InChI is InChI=1S/C16H20F3N3O2/c1-10-6-11(7-20)9-22(10)14(23)8-21-15(24)12-2-4-13(5-3-12)16(17,18)19/h2-5,10-11H,6-9,20H2,1H3,(H,21,24). The number of alkyl halides is 3. The summed E-state index contributed by atoms with van der Waals surface area (Å²) in [7, 11) is 0. The first-order valence-electron chi connectivity index (χ1n) is 7.67. The third-order valence-corrected chi connectivity index (χ3v) is 4.19. The number of halogens is 3. The minimum atomic E-state index is -4.45. The molecule has 132 valence electrons. The van der Waals surface area contributed by atoms with Gasteiger partial charge in [-0.15, -0.1) is 0 Å². The SMILES string of the molecule is CC1CC(CN)CN1C(=O)CNC(=O)c1ccc(C(F)(F)F)cc1. The Morgan fingerprint density at radius 1 is 1.29 bits per heavy atom. The van der Waals surface area contributed by atoms with Crippen LogP contribution in [-0.2, 0) is 11.0 Å². The molecule has 1 fully saturated rings. The van der Waals surface area contributed by atoms with Crippen molar-refractivity contribution in [2.75, 3.05) is 19.6 Å². The van der Waals surface area contributed by atoms with Gasteiger partial charge in [0.2, 0.25) is 5.91 Å². The highest BCUT2D eigenvalue weighted by Gasteiger charge is 2.32. The first-order chi connectivity index (χ1) is 11.2. The Morgan fingerprint density at radius 3 is 2.42 bits per heavy atom. The summed E-state index contributed by atoms with van der Waals surface area (Å²) in [5, 5.41) is 2.44. The molecule has 0 saturated carbocycles. The fourth-order valence-electron chi connectivity index (χ4n) is 2.83. The predicted octanol–water partition coefficient (Wildman–Crippen LogP) is 1.63. The molecule has 1 saturated heterocycles. The second-order valence-electron chi connectivity index (χ2n) is 5.99. The summed E-state index contributed by atoms with van der Waals surface area (Å²) >= 11 is 0. The molecule has 0 aromatic heterocycles. The average Bonchev–Trinajstić information content (AvgIpc) is 2.92. The van der Waals surface area contributed by atoms with E-state index in [4.69, 9.17) is 5.73 Å². The number of hydrogen-bond donors (Lipinski definition) is 2. The van der Waals surface area contributed by atoms with Gasteiger partial charge in [-0.1, -0.05) is 0 Å². The summed E-state index contributed by atoms with van der Waals surface area (Å²) in [4.78, 5) is 25.8. The number of likely N-dealkylation sites (tertiary alicyclic amines) is 1. The topological polar surface area (TPSA) is 75.4 Å². The van der Waals surface area contributed by atoms with Gasteiger partial charge in [0.25, 0.3) is 5.91 Å². The normalized spacial score (nSPS) is 21.0. The lowest BCUT2D eigenvalue weighted by molar-refractivity contribution is -0.137. The fourth-order valence-corrected chi connectivity index (χ4v) is 2.83. The van der Waals surface area contributed by atoms with Crippen molar-refractivity contribution in [3.05, 3.63) is 35.4 Å². The summed E-state index contributed by atoms with van der Waals surface area (Å²) < 4.78 is 37.5. The Kier molecular flexibility index (Phi) is 5.48. The van der Waals surface area contributed by atoms with Crippen molar-refractivity contribution in [3.8, 4) is 0 Å². The molecule has 2 unspecified atom stereocenters. The summed E-state index contributed by atoms with van der Waals surface area (Å²) in [6.07, 6.45) is -3.62. The van der Waals surface area contributed by atoms with Gasteiger partial charge in [-0.05, 0) is 50.1 Å². The quantitative estimate of drug-likeness (QED) is 0.873. The lowest BCUT2D eigenvalue weighted by Gasteiger charge is -2.21. The molecule has 2 amide bonds. The Hall–Kier alpha value is -2.09. The van der Waals surface area contributed by atoms with Gasteiger partial charge in [0.1, 0.15) is 0 Å². The van der Waals surface area contributed by atoms with Crippen molar-refractivity contribution in [1.82, 2.24) is 10.2 Å². The summed E-state index contributed by atoms with van der Waals surface area (Å²) in [5.41, 5.74) is 4.86. The number of nitrogens with two attached hydrogens (primary N) is 1. The molecular weight excluding hydrogens is 323 g/mol. The van der Waals surface area contributed by atoms with E-state index < -0.39 is 17.6 Å². The van der Waals surface area contributed by atoms with Crippen LogP contribution in [0, 0.1) is 5.92 Å². The molecule has 1 heterocycles. The van der Waals surface area contributed by atoms with E-state index in [0.29, 0.717) is 13.1 Å². The van der Waals surface area contributed by atoms with Crippen LogP contribution in [0.25, 0.3) is 0 Å². The summed E-state index contributed by atoms with van der Waals surface area (Å²) in [6, 6.07) is 3.92. The molecule has 1 aliphatic heterocycles. The van der Waals surface area contributed by atoms with E-state index in [9.17, 15) is 22.8 Å². The minimum absolute atomic E-state index is 0.0639. The molecule has 24 heavy (non-hydrogen) atoms. The smallest absolute Gasteiger partial charge is 0.343 e. The van der Waals surface area contributed by atoms with Gasteiger partial charge >= 0.3 is 6.18 Å². The van der Waals surface area contributed by atoms with E-state index in [2.05, 4.69) is 5.32 Å². The van der Waals surface area contributed by atoms with Crippen molar-refractivity contribution in [2.24, 2.45) is 11.7 Å². The number of benzene rings is 1. The van der Waals surface area contributed by atoms with Gasteiger partial charge in [-0.25, -0.2) is 0 Å². The maximum Gasteiger partial charge on any atom is 0.416 e. The fraction of sp³-hybridized carbons (Fsp3) is 0.500. The van der Waals surface area contributed by atoms with Crippen molar-refractivity contribution in [1.29, 1.82) is 0 Å². The van der Waals surface area contributed by atoms with Crippen molar-refractivity contribution in [2.45, 2.75) is 25.6 Å². The molecule has 2 rings (SSSR count). The number of amides is 2. The molecular formula is C16H20F3N3O2. The van der Waals surface area contributed by atoms with Crippen LogP contribution in [0.15, 0.2) is 24.3 Å². The lowest BCUT2D eigenvalue weighted by atomic mass is 10.1. The second kappa shape index (κ2) is 7.21. The molecule has 1 aliphatic rings. The number of carbonyl (C=O) groups excluding carboxylic acids is 2. The van der Waals surface area contributed by atoms with Crippen LogP contribution >= 0.6 is 0 Å². The Morgan fingerprint density at radius 2 is 1.92 bits per heavy atom.